The van der Waals surface area contributed by atoms with Crippen molar-refractivity contribution < 1.29 is 24.2 Å². The monoisotopic (exact) mass is 476 g/mol. The van der Waals surface area contributed by atoms with Gasteiger partial charge in [-0.2, -0.15) is 0 Å². The maximum Gasteiger partial charge on any atom is 0.407 e. The number of amides is 2. The lowest BCUT2D eigenvalue weighted by Gasteiger charge is -2.41. The molecule has 1 heterocycles. The maximum atomic E-state index is 13.3. The number of ether oxygens (including phenoxy) is 1. The number of likely N-dealkylation sites (tertiary alicyclic amines) is 1. The summed E-state index contributed by atoms with van der Waals surface area (Å²) in [5.41, 5.74) is 3.46. The van der Waals surface area contributed by atoms with E-state index in [0.29, 0.717) is 6.54 Å². The van der Waals surface area contributed by atoms with Gasteiger partial charge in [-0.15, -0.1) is 0 Å². The Labute approximate surface area is 205 Å². The Morgan fingerprint density at radius 2 is 1.66 bits per heavy atom. The van der Waals surface area contributed by atoms with Gasteiger partial charge in [0, 0.05) is 31.0 Å². The number of hydrogen-bond donors (Lipinski definition) is 2. The lowest BCUT2D eigenvalue weighted by atomic mass is 9.63. The van der Waals surface area contributed by atoms with E-state index >= 15 is 0 Å². The second-order valence-corrected chi connectivity index (χ2v) is 10.9. The number of carbonyl (C=O) groups excluding carboxylic acids is 2. The Morgan fingerprint density at radius 3 is 2.17 bits per heavy atom. The minimum atomic E-state index is -0.871. The van der Waals surface area contributed by atoms with Crippen molar-refractivity contribution in [2.45, 2.75) is 39.0 Å². The molecule has 2 aromatic rings. The van der Waals surface area contributed by atoms with Gasteiger partial charge in [0.15, 0.2) is 0 Å². The van der Waals surface area contributed by atoms with E-state index in [1.807, 2.05) is 24.3 Å². The van der Waals surface area contributed by atoms with Gasteiger partial charge in [0.1, 0.15) is 6.61 Å². The third-order valence-corrected chi connectivity index (χ3v) is 8.18. The van der Waals surface area contributed by atoms with Crippen LogP contribution in [-0.2, 0) is 14.3 Å². The molecule has 0 radical (unpaired) electrons. The molecule has 184 valence electrons. The van der Waals surface area contributed by atoms with Gasteiger partial charge in [0.05, 0.1) is 11.3 Å². The maximum absolute atomic E-state index is 13.3. The van der Waals surface area contributed by atoms with Crippen LogP contribution in [0.2, 0.25) is 0 Å². The predicted octanol–water partition coefficient (Wildman–Crippen LogP) is 4.26. The average Bonchev–Trinajstić information content (AvgIpc) is 3.38. The first-order valence-electron chi connectivity index (χ1n) is 12.3. The molecule has 2 amide bonds. The zero-order valence-corrected chi connectivity index (χ0v) is 20.3. The minimum Gasteiger partial charge on any atom is -0.481 e. The predicted molar refractivity (Wildman–Crippen MR) is 131 cm³/mol. The number of nitrogens with one attached hydrogen (secondary N) is 1. The fraction of sp³-hybridized carbons (Fsp3) is 0.464. The van der Waals surface area contributed by atoms with E-state index < -0.39 is 23.4 Å². The summed E-state index contributed by atoms with van der Waals surface area (Å²) in [7, 11) is 0. The molecule has 1 saturated carbocycles. The molecule has 2 aliphatic carbocycles. The average molecular weight is 477 g/mol. The number of nitrogens with zero attached hydrogens (tertiary/aromatic N) is 1. The molecule has 1 aliphatic heterocycles. The van der Waals surface area contributed by atoms with Gasteiger partial charge in [-0.05, 0) is 48.9 Å². The number of rotatable bonds is 6. The number of fused-ring (bicyclic) bond motifs is 3. The number of carbonyl (C=O) groups is 3. The molecule has 7 nitrogen and oxygen atoms in total. The summed E-state index contributed by atoms with van der Waals surface area (Å²) < 4.78 is 5.60. The fourth-order valence-electron chi connectivity index (χ4n) is 6.05. The van der Waals surface area contributed by atoms with Crippen molar-refractivity contribution in [3.8, 4) is 11.1 Å². The zero-order valence-electron chi connectivity index (χ0n) is 20.3. The third-order valence-electron chi connectivity index (χ3n) is 8.18. The Balaban J connectivity index is 1.18. The first-order valence-corrected chi connectivity index (χ1v) is 12.3. The molecule has 2 fully saturated rings. The largest absolute Gasteiger partial charge is 0.481 e. The standard InChI is InChI=1S/C28H32N2O5/c1-27(2,25(33)30-14-23(24(31)32)28(17-30)12-7-13-28)16-29-26(34)35-15-22-20-10-5-3-8-18(20)19-9-4-6-11-21(19)22/h3-6,8-11,22-23H,7,12-17H2,1-2H3,(H,29,34)(H,31,32). The van der Waals surface area contributed by atoms with Crippen molar-refractivity contribution in [1.29, 1.82) is 0 Å². The fourth-order valence-corrected chi connectivity index (χ4v) is 6.05. The molecule has 3 aliphatic rings. The first kappa shape index (κ1) is 23.4. The SMILES string of the molecule is CC(C)(CNC(=O)OCC1c2ccccc2-c2ccccc21)C(=O)N1CC(C(=O)O)C2(CCC2)C1. The topological polar surface area (TPSA) is 95.9 Å². The number of aliphatic carboxylic acids is 1. The van der Waals surface area contributed by atoms with Crippen molar-refractivity contribution >= 4 is 18.0 Å². The van der Waals surface area contributed by atoms with Crippen LogP contribution in [0.25, 0.3) is 11.1 Å². The molecule has 1 unspecified atom stereocenters. The van der Waals surface area contributed by atoms with Crippen LogP contribution in [0.4, 0.5) is 4.79 Å². The van der Waals surface area contributed by atoms with Crippen LogP contribution in [0.15, 0.2) is 48.5 Å². The molecule has 1 atom stereocenters. The molecule has 2 aromatic carbocycles. The molecule has 5 rings (SSSR count). The minimum absolute atomic E-state index is 0.0287. The molecular weight excluding hydrogens is 444 g/mol. The van der Waals surface area contributed by atoms with Crippen molar-refractivity contribution in [2.24, 2.45) is 16.7 Å². The van der Waals surface area contributed by atoms with E-state index in [0.717, 1.165) is 30.4 Å². The van der Waals surface area contributed by atoms with Gasteiger partial charge in [-0.25, -0.2) is 4.79 Å². The lowest BCUT2D eigenvalue weighted by molar-refractivity contribution is -0.146. The number of alkyl carbamates (subject to hydrolysis) is 1. The van der Waals surface area contributed by atoms with Crippen LogP contribution in [0.5, 0.6) is 0 Å². The summed E-state index contributed by atoms with van der Waals surface area (Å²) in [6.45, 7) is 4.61. The highest BCUT2D eigenvalue weighted by molar-refractivity contribution is 5.85. The summed E-state index contributed by atoms with van der Waals surface area (Å²) in [4.78, 5) is 39.3. The summed E-state index contributed by atoms with van der Waals surface area (Å²) in [6.07, 6.45) is 2.16. The van der Waals surface area contributed by atoms with E-state index in [1.54, 1.807) is 18.7 Å². The molecule has 0 aromatic heterocycles. The van der Waals surface area contributed by atoms with Crippen LogP contribution in [0, 0.1) is 16.7 Å². The van der Waals surface area contributed by atoms with Crippen molar-refractivity contribution in [2.75, 3.05) is 26.2 Å². The second kappa shape index (κ2) is 8.70. The van der Waals surface area contributed by atoms with Crippen molar-refractivity contribution in [1.82, 2.24) is 10.2 Å². The van der Waals surface area contributed by atoms with Gasteiger partial charge in [-0.1, -0.05) is 55.0 Å². The molecule has 0 bridgehead atoms. The van der Waals surface area contributed by atoms with Crippen LogP contribution in [-0.4, -0.2) is 54.2 Å². The summed E-state index contributed by atoms with van der Waals surface area (Å²) in [5, 5.41) is 12.4. The van der Waals surface area contributed by atoms with Crippen molar-refractivity contribution in [3.63, 3.8) is 0 Å². The Morgan fingerprint density at radius 1 is 1.06 bits per heavy atom. The third kappa shape index (κ3) is 4.07. The van der Waals surface area contributed by atoms with E-state index in [9.17, 15) is 19.5 Å². The van der Waals surface area contributed by atoms with E-state index in [2.05, 4.69) is 29.6 Å². The highest BCUT2D eigenvalue weighted by Gasteiger charge is 2.55. The molecule has 1 saturated heterocycles. The van der Waals surface area contributed by atoms with Crippen molar-refractivity contribution in [3.05, 3.63) is 59.7 Å². The van der Waals surface area contributed by atoms with Gasteiger partial charge in [0.2, 0.25) is 5.91 Å². The van der Waals surface area contributed by atoms with Crippen LogP contribution >= 0.6 is 0 Å². The van der Waals surface area contributed by atoms with E-state index in [-0.39, 0.29) is 36.9 Å². The number of benzene rings is 2. The summed E-state index contributed by atoms with van der Waals surface area (Å²) >= 11 is 0. The van der Waals surface area contributed by atoms with Gasteiger partial charge in [0.25, 0.3) is 0 Å². The lowest BCUT2D eigenvalue weighted by Crippen LogP contribution is -2.47. The van der Waals surface area contributed by atoms with Crippen LogP contribution in [0.1, 0.15) is 50.2 Å². The zero-order chi connectivity index (χ0) is 24.8. The number of hydrogen-bond acceptors (Lipinski definition) is 4. The molecule has 35 heavy (non-hydrogen) atoms. The Bertz CT molecular complexity index is 1120. The van der Waals surface area contributed by atoms with E-state index in [4.69, 9.17) is 4.74 Å². The number of carboxylic acid groups (broad SMARTS) is 1. The Kier molecular flexibility index (Phi) is 5.82. The highest BCUT2D eigenvalue weighted by atomic mass is 16.5. The summed E-state index contributed by atoms with van der Waals surface area (Å²) in [6, 6.07) is 16.3. The van der Waals surface area contributed by atoms with Crippen LogP contribution < -0.4 is 5.32 Å². The van der Waals surface area contributed by atoms with E-state index in [1.165, 1.54) is 11.1 Å². The number of carboxylic acids is 1. The van der Waals surface area contributed by atoms with Gasteiger partial charge in [-0.3, -0.25) is 9.59 Å². The van der Waals surface area contributed by atoms with Crippen LogP contribution in [0.3, 0.4) is 0 Å². The molecule has 7 heteroatoms. The quantitative estimate of drug-likeness (QED) is 0.649. The molecule has 2 N–H and O–H groups in total. The van der Waals surface area contributed by atoms with Gasteiger partial charge >= 0.3 is 12.1 Å². The normalized spacial score (nSPS) is 20.2. The highest BCUT2D eigenvalue weighted by Crippen LogP contribution is 2.52. The summed E-state index contributed by atoms with van der Waals surface area (Å²) in [5.74, 6) is -1.49. The second-order valence-electron chi connectivity index (χ2n) is 10.9. The first-order chi connectivity index (χ1) is 16.7. The molecular formula is C28H32N2O5. The van der Waals surface area contributed by atoms with Gasteiger partial charge < -0.3 is 20.1 Å². The Hall–Kier alpha value is -3.35. The molecule has 1 spiro atoms. The smallest absolute Gasteiger partial charge is 0.407 e.